The van der Waals surface area contributed by atoms with Crippen molar-refractivity contribution in [3.05, 3.63) is 29.3 Å². The summed E-state index contributed by atoms with van der Waals surface area (Å²) >= 11 is 0. The van der Waals surface area contributed by atoms with Crippen LogP contribution in [0.15, 0.2) is 18.2 Å². The number of carbonyl (C=O) groups excluding carboxylic acids is 1. The summed E-state index contributed by atoms with van der Waals surface area (Å²) in [4.78, 5) is 13.9. The summed E-state index contributed by atoms with van der Waals surface area (Å²) in [5.74, 6) is 0.0338. The van der Waals surface area contributed by atoms with E-state index in [-0.39, 0.29) is 18.6 Å². The number of aryl methyl sites for hydroxylation is 1. The molecule has 0 radical (unpaired) electrons. The second-order valence-corrected chi connectivity index (χ2v) is 5.42. The number of hydrogen-bond donors (Lipinski definition) is 1. The third-order valence-corrected chi connectivity index (χ3v) is 3.85. The van der Waals surface area contributed by atoms with Crippen LogP contribution in [0, 0.1) is 0 Å². The topological polar surface area (TPSA) is 55.6 Å². The molecule has 1 aromatic rings. The largest absolute Gasteiger partial charge is 0.375 e. The normalized spacial score (nSPS) is 15.8. The van der Waals surface area contributed by atoms with Crippen molar-refractivity contribution in [3.63, 3.8) is 0 Å². The van der Waals surface area contributed by atoms with Crippen molar-refractivity contribution in [1.82, 2.24) is 0 Å². The molecule has 0 aromatic heterocycles. The second kappa shape index (κ2) is 6.86. The number of carbonyl (C=O) groups is 1. The fraction of sp³-hybridized carbons (Fsp3) is 0.562. The van der Waals surface area contributed by atoms with E-state index in [0.717, 1.165) is 37.9 Å². The van der Waals surface area contributed by atoms with Gasteiger partial charge >= 0.3 is 0 Å². The van der Waals surface area contributed by atoms with Crippen LogP contribution in [0.4, 0.5) is 5.69 Å². The number of nitrogens with zero attached hydrogens (tertiary/aromatic N) is 1. The molecule has 0 aliphatic carbocycles. The van der Waals surface area contributed by atoms with Crippen LogP contribution in [-0.2, 0) is 22.4 Å². The van der Waals surface area contributed by atoms with Gasteiger partial charge in [0, 0.05) is 25.4 Å². The molecule has 1 atom stereocenters. The number of amides is 1. The van der Waals surface area contributed by atoms with Crippen molar-refractivity contribution in [2.45, 2.75) is 38.6 Å². The van der Waals surface area contributed by atoms with Gasteiger partial charge in [-0.05, 0) is 42.9 Å². The molecule has 0 saturated heterocycles. The van der Waals surface area contributed by atoms with Gasteiger partial charge in [-0.25, -0.2) is 0 Å². The third kappa shape index (κ3) is 3.38. The maximum absolute atomic E-state index is 12.1. The molecule has 1 amide bonds. The van der Waals surface area contributed by atoms with E-state index < -0.39 is 0 Å². The molecule has 1 unspecified atom stereocenters. The lowest BCUT2D eigenvalue weighted by Crippen LogP contribution is -2.37. The predicted molar refractivity (Wildman–Crippen MR) is 81.0 cm³/mol. The van der Waals surface area contributed by atoms with Gasteiger partial charge in [-0.1, -0.05) is 19.1 Å². The number of hydrogen-bond acceptors (Lipinski definition) is 3. The van der Waals surface area contributed by atoms with Crippen LogP contribution in [0.1, 0.15) is 30.9 Å². The summed E-state index contributed by atoms with van der Waals surface area (Å²) in [5, 5.41) is 0. The van der Waals surface area contributed by atoms with Gasteiger partial charge < -0.3 is 15.4 Å². The van der Waals surface area contributed by atoms with Gasteiger partial charge in [0.2, 0.25) is 0 Å². The summed E-state index contributed by atoms with van der Waals surface area (Å²) in [6.45, 7) is 3.03. The Hall–Kier alpha value is -1.39. The summed E-state index contributed by atoms with van der Waals surface area (Å²) in [5.41, 5.74) is 9.56. The van der Waals surface area contributed by atoms with Crippen LogP contribution in [0.25, 0.3) is 0 Å². The Morgan fingerprint density at radius 2 is 2.30 bits per heavy atom. The molecule has 0 bridgehead atoms. The Labute approximate surface area is 120 Å². The van der Waals surface area contributed by atoms with Gasteiger partial charge in [0.25, 0.3) is 5.91 Å². The average Bonchev–Trinajstić information content (AvgIpc) is 2.46. The second-order valence-electron chi connectivity index (χ2n) is 5.42. The quantitative estimate of drug-likeness (QED) is 0.893. The standard InChI is InChI=1S/C16H24N2O2/c1-3-14(17)10-12-6-7-15-13(9-12)5-4-8-18(15)16(19)11-20-2/h6-7,9,14H,3-5,8,10-11,17H2,1-2H3. The molecular formula is C16H24N2O2. The van der Waals surface area contributed by atoms with Gasteiger partial charge in [-0.2, -0.15) is 0 Å². The van der Waals surface area contributed by atoms with Crippen molar-refractivity contribution < 1.29 is 9.53 Å². The maximum Gasteiger partial charge on any atom is 0.252 e. The molecule has 1 aromatic carbocycles. The van der Waals surface area contributed by atoms with E-state index in [1.54, 1.807) is 7.11 Å². The van der Waals surface area contributed by atoms with Crippen molar-refractivity contribution in [2.24, 2.45) is 5.73 Å². The van der Waals surface area contributed by atoms with Gasteiger partial charge in [-0.15, -0.1) is 0 Å². The summed E-state index contributed by atoms with van der Waals surface area (Å²) < 4.78 is 4.96. The highest BCUT2D eigenvalue weighted by atomic mass is 16.5. The van der Waals surface area contributed by atoms with Crippen LogP contribution in [0.2, 0.25) is 0 Å². The molecule has 1 aliphatic heterocycles. The molecule has 2 N–H and O–H groups in total. The smallest absolute Gasteiger partial charge is 0.252 e. The van der Waals surface area contributed by atoms with E-state index in [9.17, 15) is 4.79 Å². The number of methoxy groups -OCH3 is 1. The lowest BCUT2D eigenvalue weighted by molar-refractivity contribution is -0.122. The molecular weight excluding hydrogens is 252 g/mol. The number of rotatable bonds is 5. The van der Waals surface area contributed by atoms with Gasteiger partial charge in [0.15, 0.2) is 0 Å². The van der Waals surface area contributed by atoms with Crippen molar-refractivity contribution in [1.29, 1.82) is 0 Å². The van der Waals surface area contributed by atoms with Gasteiger partial charge in [-0.3, -0.25) is 4.79 Å². The third-order valence-electron chi connectivity index (χ3n) is 3.85. The molecule has 0 spiro atoms. The molecule has 1 aliphatic rings. The van der Waals surface area contributed by atoms with E-state index in [0.29, 0.717) is 0 Å². The van der Waals surface area contributed by atoms with Crippen molar-refractivity contribution >= 4 is 11.6 Å². The SMILES string of the molecule is CCC(N)Cc1ccc2c(c1)CCCN2C(=O)COC. The zero-order valence-corrected chi connectivity index (χ0v) is 12.4. The van der Waals surface area contributed by atoms with Gasteiger partial charge in [0.05, 0.1) is 0 Å². The van der Waals surface area contributed by atoms with Gasteiger partial charge in [0.1, 0.15) is 6.61 Å². The Bertz CT molecular complexity index is 474. The molecule has 0 saturated carbocycles. The molecule has 1 heterocycles. The highest BCUT2D eigenvalue weighted by molar-refractivity contribution is 5.95. The predicted octanol–water partition coefficient (Wildman–Crippen LogP) is 1.89. The Kier molecular flexibility index (Phi) is 5.15. The fourth-order valence-electron chi connectivity index (χ4n) is 2.68. The first-order valence-corrected chi connectivity index (χ1v) is 7.32. The fourth-order valence-corrected chi connectivity index (χ4v) is 2.68. The highest BCUT2D eigenvalue weighted by Crippen LogP contribution is 2.28. The molecule has 0 fully saturated rings. The first-order valence-electron chi connectivity index (χ1n) is 7.32. The Morgan fingerprint density at radius 1 is 1.50 bits per heavy atom. The van der Waals surface area contributed by atoms with E-state index in [4.69, 9.17) is 10.5 Å². The summed E-state index contributed by atoms with van der Waals surface area (Å²) in [7, 11) is 1.55. The number of fused-ring (bicyclic) bond motifs is 1. The van der Waals surface area contributed by atoms with E-state index in [1.807, 2.05) is 4.90 Å². The molecule has 20 heavy (non-hydrogen) atoms. The molecule has 110 valence electrons. The van der Waals surface area contributed by atoms with Crippen molar-refractivity contribution in [3.8, 4) is 0 Å². The van der Waals surface area contributed by atoms with Crippen LogP contribution in [0.5, 0.6) is 0 Å². The number of ether oxygens (including phenoxy) is 1. The maximum atomic E-state index is 12.1. The van der Waals surface area contributed by atoms with Crippen LogP contribution in [0.3, 0.4) is 0 Å². The van der Waals surface area contributed by atoms with E-state index in [2.05, 4.69) is 25.1 Å². The van der Waals surface area contributed by atoms with Crippen LogP contribution in [-0.4, -0.2) is 32.2 Å². The van der Waals surface area contributed by atoms with Crippen molar-refractivity contribution in [2.75, 3.05) is 25.2 Å². The highest BCUT2D eigenvalue weighted by Gasteiger charge is 2.22. The molecule has 4 heteroatoms. The lowest BCUT2D eigenvalue weighted by Gasteiger charge is -2.30. The van der Waals surface area contributed by atoms with Crippen LogP contribution < -0.4 is 10.6 Å². The average molecular weight is 276 g/mol. The number of benzene rings is 1. The number of anilines is 1. The Balaban J connectivity index is 2.19. The van der Waals surface area contributed by atoms with Crippen LogP contribution >= 0.6 is 0 Å². The van der Waals surface area contributed by atoms with E-state index in [1.165, 1.54) is 11.1 Å². The minimum Gasteiger partial charge on any atom is -0.375 e. The lowest BCUT2D eigenvalue weighted by atomic mass is 9.96. The minimum atomic E-state index is 0.0338. The zero-order chi connectivity index (χ0) is 14.5. The zero-order valence-electron chi connectivity index (χ0n) is 12.4. The monoisotopic (exact) mass is 276 g/mol. The molecule has 4 nitrogen and oxygen atoms in total. The minimum absolute atomic E-state index is 0.0338. The molecule has 2 rings (SSSR count). The number of nitrogens with two attached hydrogens (primary N) is 1. The first kappa shape index (κ1) is 15.0. The summed E-state index contributed by atoms with van der Waals surface area (Å²) in [6.07, 6.45) is 3.92. The summed E-state index contributed by atoms with van der Waals surface area (Å²) in [6, 6.07) is 6.56. The van der Waals surface area contributed by atoms with E-state index >= 15 is 0 Å². The Morgan fingerprint density at radius 3 is 3.00 bits per heavy atom. The first-order chi connectivity index (χ1) is 9.65.